The standard InChI is InChI=1S/C15H21NO2/c1-12-7-8-14-13(11-12)5-4-9-16(14)15(18)6-2-3-10-17/h7-8,11,17H,2-6,9-10H2,1H3. The number of anilines is 1. The third-order valence-electron chi connectivity index (χ3n) is 3.45. The van der Waals surface area contributed by atoms with E-state index in [9.17, 15) is 4.79 Å². The van der Waals surface area contributed by atoms with Crippen LogP contribution in [0, 0.1) is 6.92 Å². The van der Waals surface area contributed by atoms with E-state index in [1.165, 1.54) is 11.1 Å². The van der Waals surface area contributed by atoms with Crippen molar-refractivity contribution in [2.24, 2.45) is 0 Å². The average Bonchev–Trinajstić information content (AvgIpc) is 2.37. The number of amides is 1. The van der Waals surface area contributed by atoms with Crippen molar-refractivity contribution in [1.29, 1.82) is 0 Å². The fourth-order valence-electron chi connectivity index (χ4n) is 2.51. The van der Waals surface area contributed by atoms with Crippen LogP contribution in [0.3, 0.4) is 0 Å². The van der Waals surface area contributed by atoms with Gasteiger partial charge in [-0.25, -0.2) is 0 Å². The van der Waals surface area contributed by atoms with Gasteiger partial charge in [0.05, 0.1) is 0 Å². The molecule has 0 aliphatic carbocycles. The molecule has 0 spiro atoms. The molecule has 0 saturated carbocycles. The Labute approximate surface area is 108 Å². The zero-order valence-electron chi connectivity index (χ0n) is 11.0. The largest absolute Gasteiger partial charge is 0.396 e. The summed E-state index contributed by atoms with van der Waals surface area (Å²) < 4.78 is 0. The van der Waals surface area contributed by atoms with Crippen molar-refractivity contribution in [3.63, 3.8) is 0 Å². The van der Waals surface area contributed by atoms with E-state index >= 15 is 0 Å². The van der Waals surface area contributed by atoms with Gasteiger partial charge in [-0.3, -0.25) is 4.79 Å². The molecule has 0 fully saturated rings. The Morgan fingerprint density at radius 2 is 2.22 bits per heavy atom. The maximum Gasteiger partial charge on any atom is 0.226 e. The van der Waals surface area contributed by atoms with Crippen LogP contribution in [0.25, 0.3) is 0 Å². The summed E-state index contributed by atoms with van der Waals surface area (Å²) in [7, 11) is 0. The molecule has 3 heteroatoms. The predicted octanol–water partition coefficient (Wildman–Crippen LogP) is 2.44. The molecule has 1 aromatic rings. The highest BCUT2D eigenvalue weighted by Gasteiger charge is 2.21. The molecule has 1 aliphatic rings. The Hall–Kier alpha value is -1.35. The second-order valence-corrected chi connectivity index (χ2v) is 4.96. The molecule has 0 atom stereocenters. The number of carbonyl (C=O) groups excluding carboxylic acids is 1. The van der Waals surface area contributed by atoms with E-state index in [0.717, 1.165) is 31.5 Å². The number of hydrogen-bond acceptors (Lipinski definition) is 2. The van der Waals surface area contributed by atoms with Gasteiger partial charge >= 0.3 is 0 Å². The number of aliphatic hydroxyl groups is 1. The summed E-state index contributed by atoms with van der Waals surface area (Å²) in [6.45, 7) is 3.08. The van der Waals surface area contributed by atoms with Gasteiger partial charge in [-0.1, -0.05) is 17.7 Å². The zero-order valence-corrected chi connectivity index (χ0v) is 11.0. The van der Waals surface area contributed by atoms with Gasteiger partial charge in [0, 0.05) is 25.3 Å². The number of nitrogens with zero attached hydrogens (tertiary/aromatic N) is 1. The first-order chi connectivity index (χ1) is 8.72. The molecule has 1 aromatic carbocycles. The van der Waals surface area contributed by atoms with Gasteiger partial charge in [0.1, 0.15) is 0 Å². The zero-order chi connectivity index (χ0) is 13.0. The second-order valence-electron chi connectivity index (χ2n) is 4.96. The van der Waals surface area contributed by atoms with Crippen LogP contribution in [0.5, 0.6) is 0 Å². The van der Waals surface area contributed by atoms with Crippen LogP contribution in [-0.4, -0.2) is 24.2 Å². The highest BCUT2D eigenvalue weighted by atomic mass is 16.3. The summed E-state index contributed by atoms with van der Waals surface area (Å²) in [6, 6.07) is 6.31. The molecule has 0 bridgehead atoms. The van der Waals surface area contributed by atoms with Crippen LogP contribution in [-0.2, 0) is 11.2 Å². The molecule has 0 aromatic heterocycles. The Morgan fingerprint density at radius 1 is 1.39 bits per heavy atom. The summed E-state index contributed by atoms with van der Waals surface area (Å²) in [5.74, 6) is 0.188. The fraction of sp³-hybridized carbons (Fsp3) is 0.533. The lowest BCUT2D eigenvalue weighted by Crippen LogP contribution is -2.35. The molecule has 1 heterocycles. The van der Waals surface area contributed by atoms with Gasteiger partial charge in [0.15, 0.2) is 0 Å². The summed E-state index contributed by atoms with van der Waals surface area (Å²) in [5.41, 5.74) is 3.63. The van der Waals surface area contributed by atoms with E-state index in [1.807, 2.05) is 4.90 Å². The van der Waals surface area contributed by atoms with E-state index in [0.29, 0.717) is 12.8 Å². The van der Waals surface area contributed by atoms with Crippen LogP contribution in [0.4, 0.5) is 5.69 Å². The Balaban J connectivity index is 2.09. The molecule has 1 aliphatic heterocycles. The minimum atomic E-state index is 0.170. The van der Waals surface area contributed by atoms with Crippen LogP contribution >= 0.6 is 0 Å². The van der Waals surface area contributed by atoms with Crippen LogP contribution in [0.2, 0.25) is 0 Å². The lowest BCUT2D eigenvalue weighted by Gasteiger charge is -2.30. The molecule has 98 valence electrons. The lowest BCUT2D eigenvalue weighted by molar-refractivity contribution is -0.118. The van der Waals surface area contributed by atoms with Gasteiger partial charge in [-0.05, 0) is 44.2 Å². The van der Waals surface area contributed by atoms with E-state index in [1.54, 1.807) is 0 Å². The monoisotopic (exact) mass is 247 g/mol. The molecule has 0 unspecified atom stereocenters. The van der Waals surface area contributed by atoms with E-state index in [2.05, 4.69) is 25.1 Å². The first kappa shape index (κ1) is 13.1. The van der Waals surface area contributed by atoms with Gasteiger partial charge in [0.2, 0.25) is 5.91 Å². The number of rotatable bonds is 4. The van der Waals surface area contributed by atoms with Crippen LogP contribution in [0.15, 0.2) is 18.2 Å². The summed E-state index contributed by atoms with van der Waals surface area (Å²) in [4.78, 5) is 14.1. The van der Waals surface area contributed by atoms with Crippen LogP contribution < -0.4 is 4.90 Å². The molecular formula is C15H21NO2. The van der Waals surface area contributed by atoms with Gasteiger partial charge < -0.3 is 10.0 Å². The minimum absolute atomic E-state index is 0.170. The number of fused-ring (bicyclic) bond motifs is 1. The number of hydrogen-bond donors (Lipinski definition) is 1. The number of carbonyl (C=O) groups is 1. The number of benzene rings is 1. The van der Waals surface area contributed by atoms with Crippen molar-refractivity contribution in [2.75, 3.05) is 18.1 Å². The molecule has 1 N–H and O–H groups in total. The molecule has 2 rings (SSSR count). The highest BCUT2D eigenvalue weighted by molar-refractivity contribution is 5.94. The number of aliphatic hydroxyl groups excluding tert-OH is 1. The van der Waals surface area contributed by atoms with Crippen molar-refractivity contribution in [3.8, 4) is 0 Å². The molecule has 3 nitrogen and oxygen atoms in total. The number of unbranched alkanes of at least 4 members (excludes halogenated alkanes) is 1. The van der Waals surface area contributed by atoms with Gasteiger partial charge in [-0.15, -0.1) is 0 Å². The first-order valence-electron chi connectivity index (χ1n) is 6.73. The quantitative estimate of drug-likeness (QED) is 0.830. The highest BCUT2D eigenvalue weighted by Crippen LogP contribution is 2.28. The second kappa shape index (κ2) is 6.01. The van der Waals surface area contributed by atoms with Crippen molar-refractivity contribution >= 4 is 11.6 Å². The Bertz CT molecular complexity index is 429. The summed E-state index contributed by atoms with van der Waals surface area (Å²) in [5, 5.41) is 8.75. The normalized spacial score (nSPS) is 14.4. The maximum atomic E-state index is 12.2. The van der Waals surface area contributed by atoms with Gasteiger partial charge in [0.25, 0.3) is 0 Å². The summed E-state index contributed by atoms with van der Waals surface area (Å²) >= 11 is 0. The summed E-state index contributed by atoms with van der Waals surface area (Å²) in [6.07, 6.45) is 4.13. The Morgan fingerprint density at radius 3 is 3.00 bits per heavy atom. The third-order valence-corrected chi connectivity index (χ3v) is 3.45. The van der Waals surface area contributed by atoms with Crippen molar-refractivity contribution in [1.82, 2.24) is 0 Å². The Kier molecular flexibility index (Phi) is 4.37. The molecule has 0 radical (unpaired) electrons. The molecule has 0 saturated heterocycles. The first-order valence-corrected chi connectivity index (χ1v) is 6.73. The number of aryl methyl sites for hydroxylation is 2. The smallest absolute Gasteiger partial charge is 0.226 e. The maximum absolute atomic E-state index is 12.2. The van der Waals surface area contributed by atoms with Gasteiger partial charge in [-0.2, -0.15) is 0 Å². The topological polar surface area (TPSA) is 40.5 Å². The predicted molar refractivity (Wildman–Crippen MR) is 72.8 cm³/mol. The minimum Gasteiger partial charge on any atom is -0.396 e. The van der Waals surface area contributed by atoms with E-state index in [4.69, 9.17) is 5.11 Å². The lowest BCUT2D eigenvalue weighted by atomic mass is 9.99. The fourth-order valence-corrected chi connectivity index (χ4v) is 2.51. The van der Waals surface area contributed by atoms with E-state index < -0.39 is 0 Å². The van der Waals surface area contributed by atoms with Crippen molar-refractivity contribution in [2.45, 2.75) is 39.0 Å². The van der Waals surface area contributed by atoms with E-state index in [-0.39, 0.29) is 12.5 Å². The molecular weight excluding hydrogens is 226 g/mol. The van der Waals surface area contributed by atoms with Crippen molar-refractivity contribution < 1.29 is 9.90 Å². The SMILES string of the molecule is Cc1ccc2c(c1)CCCN2C(=O)CCCCO. The molecule has 18 heavy (non-hydrogen) atoms. The van der Waals surface area contributed by atoms with Crippen molar-refractivity contribution in [3.05, 3.63) is 29.3 Å². The molecule has 1 amide bonds. The van der Waals surface area contributed by atoms with Crippen LogP contribution in [0.1, 0.15) is 36.8 Å². The average molecular weight is 247 g/mol. The third kappa shape index (κ3) is 2.91.